The molecule has 0 amide bonds. The molecule has 0 spiro atoms. The largest absolute Gasteiger partial charge is 0.395 e. The maximum Gasteiger partial charge on any atom is 0.0986 e. The van der Waals surface area contributed by atoms with E-state index in [1.165, 1.54) is 0 Å². The third-order valence-electron chi connectivity index (χ3n) is 1.59. The van der Waals surface area contributed by atoms with Crippen molar-refractivity contribution in [2.75, 3.05) is 13.2 Å². The molecule has 0 aromatic carbocycles. The Morgan fingerprint density at radius 1 is 1.44 bits per heavy atom. The zero-order valence-corrected chi connectivity index (χ0v) is 4.99. The first-order chi connectivity index (χ1) is 4.25. The molecule has 1 fully saturated rings. The van der Waals surface area contributed by atoms with Gasteiger partial charge >= 0.3 is 0 Å². The Morgan fingerprint density at radius 2 is 2.11 bits per heavy atom. The second-order valence-corrected chi connectivity index (χ2v) is 2.26. The van der Waals surface area contributed by atoms with Crippen molar-refractivity contribution in [1.82, 2.24) is 5.32 Å². The van der Waals surface area contributed by atoms with Crippen LogP contribution in [0.15, 0.2) is 0 Å². The van der Waals surface area contributed by atoms with Gasteiger partial charge in [-0.1, -0.05) is 0 Å². The van der Waals surface area contributed by atoms with Gasteiger partial charge in [-0.2, -0.15) is 0 Å². The normalized spacial score (nSPS) is 43.7. The summed E-state index contributed by atoms with van der Waals surface area (Å²) in [5.41, 5.74) is 0. The Morgan fingerprint density at radius 3 is 2.33 bits per heavy atom. The van der Waals surface area contributed by atoms with Crippen LogP contribution in [0.3, 0.4) is 0 Å². The molecule has 4 nitrogen and oxygen atoms in total. The monoisotopic (exact) mass is 133 g/mol. The molecular formula is C5H11NO3. The van der Waals surface area contributed by atoms with Crippen LogP contribution in [0.25, 0.3) is 0 Å². The molecule has 4 N–H and O–H groups in total. The fourth-order valence-electron chi connectivity index (χ4n) is 0.954. The molecule has 0 radical (unpaired) electrons. The minimum absolute atomic E-state index is 0.127. The van der Waals surface area contributed by atoms with E-state index in [4.69, 9.17) is 15.3 Å². The predicted molar refractivity (Wildman–Crippen MR) is 30.9 cm³/mol. The van der Waals surface area contributed by atoms with Gasteiger partial charge in [-0.3, -0.25) is 0 Å². The van der Waals surface area contributed by atoms with Crippen LogP contribution >= 0.6 is 0 Å². The van der Waals surface area contributed by atoms with Crippen LogP contribution in [-0.4, -0.2) is 46.7 Å². The highest BCUT2D eigenvalue weighted by Gasteiger charge is 2.31. The van der Waals surface area contributed by atoms with Crippen LogP contribution in [0.4, 0.5) is 0 Å². The molecule has 1 aliphatic rings. The van der Waals surface area contributed by atoms with Gasteiger partial charge in [-0.05, 0) is 0 Å². The lowest BCUT2D eigenvalue weighted by Gasteiger charge is -2.11. The second kappa shape index (κ2) is 2.62. The first kappa shape index (κ1) is 6.95. The molecule has 0 aromatic rings. The van der Waals surface area contributed by atoms with E-state index >= 15 is 0 Å². The molecular weight excluding hydrogens is 122 g/mol. The summed E-state index contributed by atoms with van der Waals surface area (Å²) >= 11 is 0. The molecule has 1 saturated heterocycles. The third kappa shape index (κ3) is 1.21. The summed E-state index contributed by atoms with van der Waals surface area (Å²) < 4.78 is 0. The van der Waals surface area contributed by atoms with Gasteiger partial charge in [0.2, 0.25) is 0 Å². The van der Waals surface area contributed by atoms with E-state index in [0.29, 0.717) is 6.54 Å². The van der Waals surface area contributed by atoms with E-state index in [1.54, 1.807) is 0 Å². The van der Waals surface area contributed by atoms with Crippen LogP contribution in [0.5, 0.6) is 0 Å². The summed E-state index contributed by atoms with van der Waals surface area (Å²) in [6.45, 7) is 0.241. The van der Waals surface area contributed by atoms with E-state index in [-0.39, 0.29) is 12.6 Å². The standard InChI is InChI=1S/C5H11NO3/c7-2-3-5(9)4(8)1-6-3/h3-9H,1-2H2/t3-,4?,5+/m1/s1. The third-order valence-corrected chi connectivity index (χ3v) is 1.59. The van der Waals surface area contributed by atoms with Gasteiger partial charge in [0, 0.05) is 6.54 Å². The van der Waals surface area contributed by atoms with Crippen molar-refractivity contribution in [3.8, 4) is 0 Å². The van der Waals surface area contributed by atoms with Crippen molar-refractivity contribution in [2.24, 2.45) is 0 Å². The Labute approximate surface area is 53.1 Å². The minimum Gasteiger partial charge on any atom is -0.395 e. The van der Waals surface area contributed by atoms with Gasteiger partial charge < -0.3 is 20.6 Å². The molecule has 1 unspecified atom stereocenters. The fourth-order valence-corrected chi connectivity index (χ4v) is 0.954. The molecule has 0 saturated carbocycles. The SMILES string of the molecule is OC[C@H]1NCC(O)[C@H]1O. The molecule has 0 aliphatic carbocycles. The van der Waals surface area contributed by atoms with Crippen molar-refractivity contribution in [3.05, 3.63) is 0 Å². The summed E-state index contributed by atoms with van der Waals surface area (Å²) in [6, 6.07) is -0.347. The number of hydrogen-bond acceptors (Lipinski definition) is 4. The maximum atomic E-state index is 8.98. The van der Waals surface area contributed by atoms with Gasteiger partial charge in [0.15, 0.2) is 0 Å². The van der Waals surface area contributed by atoms with Crippen molar-refractivity contribution in [3.63, 3.8) is 0 Å². The van der Waals surface area contributed by atoms with Gasteiger partial charge in [-0.25, -0.2) is 0 Å². The topological polar surface area (TPSA) is 72.7 Å². The quantitative estimate of drug-likeness (QED) is 0.324. The van der Waals surface area contributed by atoms with Gasteiger partial charge in [0.05, 0.1) is 24.9 Å². The number of hydrogen-bond donors (Lipinski definition) is 4. The summed E-state index contributed by atoms with van der Waals surface area (Å²) in [5.74, 6) is 0. The van der Waals surface area contributed by atoms with E-state index in [2.05, 4.69) is 5.32 Å². The van der Waals surface area contributed by atoms with E-state index < -0.39 is 12.2 Å². The van der Waals surface area contributed by atoms with Crippen LogP contribution in [0.2, 0.25) is 0 Å². The summed E-state index contributed by atoms with van der Waals surface area (Å²) in [5, 5.41) is 29.1. The van der Waals surface area contributed by atoms with Crippen molar-refractivity contribution >= 4 is 0 Å². The Kier molecular flexibility index (Phi) is 2.02. The molecule has 9 heavy (non-hydrogen) atoms. The summed E-state index contributed by atoms with van der Waals surface area (Å²) in [7, 11) is 0. The molecule has 1 rings (SSSR count). The average Bonchev–Trinajstić information content (AvgIpc) is 2.15. The van der Waals surface area contributed by atoms with Crippen molar-refractivity contribution in [2.45, 2.75) is 18.2 Å². The van der Waals surface area contributed by atoms with Crippen LogP contribution in [0.1, 0.15) is 0 Å². The first-order valence-corrected chi connectivity index (χ1v) is 2.96. The van der Waals surface area contributed by atoms with Crippen LogP contribution in [0, 0.1) is 0 Å². The highest BCUT2D eigenvalue weighted by atomic mass is 16.3. The minimum atomic E-state index is -0.810. The summed E-state index contributed by atoms with van der Waals surface area (Å²) in [4.78, 5) is 0. The Bertz CT molecular complexity index is 98.2. The number of nitrogens with one attached hydrogen (secondary N) is 1. The van der Waals surface area contributed by atoms with Gasteiger partial charge in [-0.15, -0.1) is 0 Å². The Hall–Kier alpha value is -0.160. The molecule has 0 aromatic heterocycles. The molecule has 1 heterocycles. The van der Waals surface area contributed by atoms with Gasteiger partial charge in [0.25, 0.3) is 0 Å². The maximum absolute atomic E-state index is 8.98. The fraction of sp³-hybridized carbons (Fsp3) is 1.00. The highest BCUT2D eigenvalue weighted by molar-refractivity contribution is 4.89. The molecule has 3 atom stereocenters. The number of rotatable bonds is 1. The zero-order valence-electron chi connectivity index (χ0n) is 4.99. The van der Waals surface area contributed by atoms with Crippen molar-refractivity contribution in [1.29, 1.82) is 0 Å². The molecule has 4 heteroatoms. The molecule has 54 valence electrons. The number of aliphatic hydroxyl groups is 3. The summed E-state index contributed by atoms with van der Waals surface area (Å²) in [6.07, 6.45) is -1.53. The van der Waals surface area contributed by atoms with Crippen molar-refractivity contribution < 1.29 is 15.3 Å². The smallest absolute Gasteiger partial charge is 0.0986 e. The predicted octanol–water partition coefficient (Wildman–Crippen LogP) is -2.33. The molecule has 1 aliphatic heterocycles. The lowest BCUT2D eigenvalue weighted by molar-refractivity contribution is 0.0295. The second-order valence-electron chi connectivity index (χ2n) is 2.26. The number of aliphatic hydroxyl groups excluding tert-OH is 3. The molecule has 0 bridgehead atoms. The van der Waals surface area contributed by atoms with E-state index in [0.717, 1.165) is 0 Å². The van der Waals surface area contributed by atoms with Gasteiger partial charge in [0.1, 0.15) is 0 Å². The lowest BCUT2D eigenvalue weighted by Crippen LogP contribution is -2.35. The van der Waals surface area contributed by atoms with Crippen LogP contribution < -0.4 is 5.32 Å². The Balaban J connectivity index is 2.41. The first-order valence-electron chi connectivity index (χ1n) is 2.96. The van der Waals surface area contributed by atoms with E-state index in [1.807, 2.05) is 0 Å². The van der Waals surface area contributed by atoms with Crippen LogP contribution in [-0.2, 0) is 0 Å². The zero-order chi connectivity index (χ0) is 6.85. The van der Waals surface area contributed by atoms with E-state index in [9.17, 15) is 0 Å². The lowest BCUT2D eigenvalue weighted by atomic mass is 10.1. The number of β-amino-alcohol motifs (C(OH)–C–C–N with tert-alkyl or cyclic N) is 1. The highest BCUT2D eigenvalue weighted by Crippen LogP contribution is 2.05. The average molecular weight is 133 g/mol.